The summed E-state index contributed by atoms with van der Waals surface area (Å²) in [7, 11) is -2.21. The van der Waals surface area contributed by atoms with Crippen LogP contribution >= 0.6 is 23.2 Å². The Bertz CT molecular complexity index is 903. The minimum atomic E-state index is -3.74. The molecule has 6 nitrogen and oxygen atoms in total. The van der Waals surface area contributed by atoms with Crippen molar-refractivity contribution in [2.24, 2.45) is 0 Å². The number of ether oxygens (including phenoxy) is 1. The molecule has 0 spiro atoms. The van der Waals surface area contributed by atoms with Crippen molar-refractivity contribution in [1.29, 1.82) is 0 Å². The van der Waals surface area contributed by atoms with Crippen molar-refractivity contribution in [3.8, 4) is 5.75 Å². The van der Waals surface area contributed by atoms with Crippen LogP contribution in [-0.4, -0.2) is 34.2 Å². The minimum Gasteiger partial charge on any atom is -0.496 e. The second kappa shape index (κ2) is 8.62. The van der Waals surface area contributed by atoms with Gasteiger partial charge >= 0.3 is 0 Å². The number of nitrogens with one attached hydrogen (secondary N) is 1. The molecule has 0 unspecified atom stereocenters. The number of anilines is 1. The molecule has 9 heteroatoms. The number of para-hydroxylation sites is 1. The van der Waals surface area contributed by atoms with E-state index >= 15 is 0 Å². The molecule has 0 radical (unpaired) electrons. The molecule has 0 atom stereocenters. The number of benzene rings is 2. The number of amides is 1. The maximum Gasteiger partial charge on any atom is 0.241 e. The fraction of sp³-hybridized carbons (Fsp3) is 0.235. The Morgan fingerprint density at radius 2 is 1.85 bits per heavy atom. The monoisotopic (exact) mass is 416 g/mol. The number of nitrogens with zero attached hydrogens (tertiary/aromatic N) is 1. The number of methoxy groups -OCH3 is 1. The summed E-state index contributed by atoms with van der Waals surface area (Å²) < 4.78 is 30.4. The summed E-state index contributed by atoms with van der Waals surface area (Å²) in [5, 5.41) is 2.95. The van der Waals surface area contributed by atoms with E-state index in [0.717, 1.165) is 16.1 Å². The van der Waals surface area contributed by atoms with E-state index in [-0.39, 0.29) is 22.3 Å². The third-order valence-corrected chi connectivity index (χ3v) is 5.49. The average Bonchev–Trinajstić information content (AvgIpc) is 2.60. The van der Waals surface area contributed by atoms with Crippen LogP contribution in [0.5, 0.6) is 5.75 Å². The van der Waals surface area contributed by atoms with Crippen LogP contribution < -0.4 is 14.4 Å². The van der Waals surface area contributed by atoms with Gasteiger partial charge in [-0.25, -0.2) is 8.42 Å². The summed E-state index contributed by atoms with van der Waals surface area (Å²) in [6.45, 7) is -0.224. The first-order valence-corrected chi connectivity index (χ1v) is 10.1. The highest BCUT2D eigenvalue weighted by molar-refractivity contribution is 7.92. The number of hydrogen-bond donors (Lipinski definition) is 1. The molecule has 1 amide bonds. The lowest BCUT2D eigenvalue weighted by atomic mass is 10.2. The summed E-state index contributed by atoms with van der Waals surface area (Å²) in [5.74, 6) is 0.142. The van der Waals surface area contributed by atoms with Gasteiger partial charge in [-0.3, -0.25) is 9.10 Å². The molecule has 0 aliphatic rings. The molecular formula is C17H18Cl2N2O4S. The van der Waals surface area contributed by atoms with E-state index in [1.54, 1.807) is 18.2 Å². The standard InChI is InChI=1S/C17H18Cl2N2O4S/c1-25-15-9-4-3-6-12(15)10-20-16(22)11-21(26(2,23)24)14-8-5-7-13(18)17(14)19/h3-9H,10-11H2,1-2H3,(H,20,22). The molecule has 140 valence electrons. The van der Waals surface area contributed by atoms with Gasteiger partial charge in [-0.1, -0.05) is 47.5 Å². The van der Waals surface area contributed by atoms with E-state index in [0.29, 0.717) is 5.75 Å². The molecule has 0 aliphatic carbocycles. The molecule has 1 N–H and O–H groups in total. The number of sulfonamides is 1. The summed E-state index contributed by atoms with van der Waals surface area (Å²) in [6, 6.07) is 11.8. The van der Waals surface area contributed by atoms with Crippen molar-refractivity contribution in [2.75, 3.05) is 24.2 Å². The third-order valence-electron chi connectivity index (χ3n) is 3.56. The predicted octanol–water partition coefficient (Wildman–Crippen LogP) is 3.08. The number of rotatable bonds is 7. The van der Waals surface area contributed by atoms with Gasteiger partial charge in [-0.15, -0.1) is 0 Å². The molecule has 0 aliphatic heterocycles. The van der Waals surface area contributed by atoms with Crippen LogP contribution in [0, 0.1) is 0 Å². The molecule has 0 heterocycles. The van der Waals surface area contributed by atoms with Gasteiger partial charge in [0.15, 0.2) is 0 Å². The first-order chi connectivity index (χ1) is 12.2. The SMILES string of the molecule is COc1ccccc1CNC(=O)CN(c1cccc(Cl)c1Cl)S(C)(=O)=O. The van der Waals surface area contributed by atoms with E-state index in [1.165, 1.54) is 19.2 Å². The van der Waals surface area contributed by atoms with Gasteiger partial charge in [0.05, 0.1) is 29.1 Å². The summed E-state index contributed by atoms with van der Waals surface area (Å²) >= 11 is 12.1. The Kier molecular flexibility index (Phi) is 6.75. The number of hydrogen-bond acceptors (Lipinski definition) is 4. The maximum absolute atomic E-state index is 12.3. The topological polar surface area (TPSA) is 75.7 Å². The van der Waals surface area contributed by atoms with Gasteiger partial charge in [-0.05, 0) is 18.2 Å². The molecule has 2 rings (SSSR count). The normalized spacial score (nSPS) is 11.1. The Balaban J connectivity index is 2.16. The van der Waals surface area contributed by atoms with E-state index in [2.05, 4.69) is 5.32 Å². The number of carbonyl (C=O) groups excluding carboxylic acids is 1. The van der Waals surface area contributed by atoms with Crippen LogP contribution in [0.25, 0.3) is 0 Å². The molecule has 0 aromatic heterocycles. The van der Waals surface area contributed by atoms with Crippen molar-refractivity contribution >= 4 is 44.8 Å². The number of carbonyl (C=O) groups is 1. The van der Waals surface area contributed by atoms with Crippen molar-refractivity contribution in [2.45, 2.75) is 6.54 Å². The Morgan fingerprint density at radius 1 is 1.15 bits per heavy atom. The van der Waals surface area contributed by atoms with Gasteiger partial charge in [0.1, 0.15) is 12.3 Å². The second-order valence-electron chi connectivity index (χ2n) is 5.43. The highest BCUT2D eigenvalue weighted by atomic mass is 35.5. The van der Waals surface area contributed by atoms with Gasteiger partial charge in [0, 0.05) is 12.1 Å². The fourth-order valence-electron chi connectivity index (χ4n) is 2.30. The zero-order valence-electron chi connectivity index (χ0n) is 14.2. The fourth-order valence-corrected chi connectivity index (χ4v) is 3.60. The van der Waals surface area contributed by atoms with E-state index < -0.39 is 22.5 Å². The van der Waals surface area contributed by atoms with Crippen molar-refractivity contribution < 1.29 is 17.9 Å². The van der Waals surface area contributed by atoms with Crippen molar-refractivity contribution in [3.05, 3.63) is 58.1 Å². The zero-order valence-corrected chi connectivity index (χ0v) is 16.5. The minimum absolute atomic E-state index is 0.0668. The van der Waals surface area contributed by atoms with E-state index in [1.807, 2.05) is 12.1 Å². The van der Waals surface area contributed by atoms with Gasteiger partial charge in [-0.2, -0.15) is 0 Å². The van der Waals surface area contributed by atoms with Gasteiger partial charge in [0.2, 0.25) is 15.9 Å². The molecule has 0 saturated heterocycles. The molecule has 0 bridgehead atoms. The van der Waals surface area contributed by atoms with Crippen LogP contribution in [0.15, 0.2) is 42.5 Å². The lowest BCUT2D eigenvalue weighted by molar-refractivity contribution is -0.119. The van der Waals surface area contributed by atoms with Crippen molar-refractivity contribution in [1.82, 2.24) is 5.32 Å². The first kappa shape index (κ1) is 20.4. The molecular weight excluding hydrogens is 399 g/mol. The quantitative estimate of drug-likeness (QED) is 0.752. The predicted molar refractivity (Wildman–Crippen MR) is 103 cm³/mol. The highest BCUT2D eigenvalue weighted by Gasteiger charge is 2.23. The maximum atomic E-state index is 12.3. The summed E-state index contributed by atoms with van der Waals surface area (Å²) in [4.78, 5) is 12.3. The summed E-state index contributed by atoms with van der Waals surface area (Å²) in [5.41, 5.74) is 0.921. The lowest BCUT2D eigenvalue weighted by Gasteiger charge is -2.23. The van der Waals surface area contributed by atoms with Crippen LogP contribution in [-0.2, 0) is 21.4 Å². The summed E-state index contributed by atoms with van der Waals surface area (Å²) in [6.07, 6.45) is 0.998. The van der Waals surface area contributed by atoms with Gasteiger partial charge < -0.3 is 10.1 Å². The van der Waals surface area contributed by atoms with E-state index in [9.17, 15) is 13.2 Å². The number of halogens is 2. The first-order valence-electron chi connectivity index (χ1n) is 7.54. The zero-order chi connectivity index (χ0) is 19.3. The third kappa shape index (κ3) is 5.03. The van der Waals surface area contributed by atoms with E-state index in [4.69, 9.17) is 27.9 Å². The smallest absolute Gasteiger partial charge is 0.241 e. The van der Waals surface area contributed by atoms with Crippen LogP contribution in [0.2, 0.25) is 10.0 Å². The Labute approximate surface area is 162 Å². The molecule has 0 fully saturated rings. The van der Waals surface area contributed by atoms with Crippen molar-refractivity contribution in [3.63, 3.8) is 0 Å². The Hall–Kier alpha value is -1.96. The van der Waals surface area contributed by atoms with Crippen LogP contribution in [0.1, 0.15) is 5.56 Å². The molecule has 26 heavy (non-hydrogen) atoms. The Morgan fingerprint density at radius 3 is 2.50 bits per heavy atom. The average molecular weight is 417 g/mol. The second-order valence-corrected chi connectivity index (χ2v) is 8.12. The molecule has 2 aromatic rings. The van der Waals surface area contributed by atoms with Crippen LogP contribution in [0.3, 0.4) is 0 Å². The van der Waals surface area contributed by atoms with Gasteiger partial charge in [0.25, 0.3) is 0 Å². The highest BCUT2D eigenvalue weighted by Crippen LogP contribution is 2.33. The molecule has 2 aromatic carbocycles. The lowest BCUT2D eigenvalue weighted by Crippen LogP contribution is -2.40. The molecule has 0 saturated carbocycles. The largest absolute Gasteiger partial charge is 0.496 e. The van der Waals surface area contributed by atoms with Crippen LogP contribution in [0.4, 0.5) is 5.69 Å².